The van der Waals surface area contributed by atoms with Gasteiger partial charge < -0.3 is 14.1 Å². The van der Waals surface area contributed by atoms with Gasteiger partial charge in [-0.2, -0.15) is 0 Å². The number of aryl methyl sites for hydroxylation is 2. The first kappa shape index (κ1) is 17.1. The maximum absolute atomic E-state index is 12.6. The Hall–Kier alpha value is -2.30. The number of amides is 1. The zero-order valence-corrected chi connectivity index (χ0v) is 15.6. The molecule has 2 fully saturated rings. The van der Waals surface area contributed by atoms with Gasteiger partial charge in [0.15, 0.2) is 6.61 Å². The molecular weight excluding hydrogens is 330 g/mol. The van der Waals surface area contributed by atoms with Gasteiger partial charge in [0.1, 0.15) is 11.3 Å². The summed E-state index contributed by atoms with van der Waals surface area (Å²) in [4.78, 5) is 26.5. The van der Waals surface area contributed by atoms with E-state index < -0.39 is 0 Å². The summed E-state index contributed by atoms with van der Waals surface area (Å²) in [6, 6.07) is 3.74. The SMILES string of the molecule is Cc1cc(OCC(=O)N2C[C@H]3CCC[C@H]3C2)c2c(C)c(C)c(=O)oc2c1. The number of benzene rings is 1. The second-order valence-corrected chi connectivity index (χ2v) is 7.81. The van der Waals surface area contributed by atoms with Crippen molar-refractivity contribution in [3.63, 3.8) is 0 Å². The van der Waals surface area contributed by atoms with Crippen LogP contribution < -0.4 is 10.4 Å². The summed E-state index contributed by atoms with van der Waals surface area (Å²) < 4.78 is 11.3. The van der Waals surface area contributed by atoms with Gasteiger partial charge in [0.2, 0.25) is 0 Å². The maximum atomic E-state index is 12.6. The molecule has 1 amide bonds. The number of fused-ring (bicyclic) bond motifs is 2. The van der Waals surface area contributed by atoms with Crippen molar-refractivity contribution in [3.05, 3.63) is 39.2 Å². The molecule has 0 unspecified atom stereocenters. The largest absolute Gasteiger partial charge is 0.483 e. The molecule has 0 radical (unpaired) electrons. The van der Waals surface area contributed by atoms with Crippen LogP contribution >= 0.6 is 0 Å². The van der Waals surface area contributed by atoms with E-state index in [0.29, 0.717) is 28.7 Å². The Morgan fingerprint density at radius 2 is 1.85 bits per heavy atom. The second-order valence-electron chi connectivity index (χ2n) is 7.81. The molecule has 1 saturated carbocycles. The topological polar surface area (TPSA) is 59.8 Å². The summed E-state index contributed by atoms with van der Waals surface area (Å²) in [7, 11) is 0. The number of likely N-dealkylation sites (tertiary alicyclic amines) is 1. The van der Waals surface area contributed by atoms with Crippen LogP contribution in [0.1, 0.15) is 36.0 Å². The second kappa shape index (κ2) is 6.45. The minimum absolute atomic E-state index is 0.0234. The minimum Gasteiger partial charge on any atom is -0.483 e. The molecular formula is C21H25NO4. The van der Waals surface area contributed by atoms with E-state index in [-0.39, 0.29) is 18.1 Å². The van der Waals surface area contributed by atoms with Crippen LogP contribution in [0, 0.1) is 32.6 Å². The molecule has 1 aliphatic heterocycles. The van der Waals surface area contributed by atoms with E-state index in [1.807, 2.05) is 30.9 Å². The summed E-state index contributed by atoms with van der Waals surface area (Å²) in [5, 5.41) is 0.777. The summed E-state index contributed by atoms with van der Waals surface area (Å²) in [6.45, 7) is 7.32. The molecule has 1 aliphatic carbocycles. The smallest absolute Gasteiger partial charge is 0.339 e. The van der Waals surface area contributed by atoms with Crippen molar-refractivity contribution >= 4 is 16.9 Å². The van der Waals surface area contributed by atoms with E-state index in [0.717, 1.165) is 29.6 Å². The molecule has 0 spiro atoms. The van der Waals surface area contributed by atoms with Crippen LogP contribution in [0.3, 0.4) is 0 Å². The normalized spacial score (nSPS) is 22.0. The van der Waals surface area contributed by atoms with Crippen LogP contribution in [0.5, 0.6) is 5.75 Å². The zero-order valence-electron chi connectivity index (χ0n) is 15.6. The predicted molar refractivity (Wildman–Crippen MR) is 99.6 cm³/mol. The fraction of sp³-hybridized carbons (Fsp3) is 0.524. The van der Waals surface area contributed by atoms with Crippen molar-refractivity contribution in [1.82, 2.24) is 4.90 Å². The molecule has 1 aromatic carbocycles. The Labute approximate surface area is 152 Å². The Balaban J connectivity index is 1.56. The van der Waals surface area contributed by atoms with E-state index in [1.165, 1.54) is 19.3 Å². The molecule has 1 saturated heterocycles. The van der Waals surface area contributed by atoms with Gasteiger partial charge in [-0.25, -0.2) is 4.79 Å². The van der Waals surface area contributed by atoms with Crippen molar-refractivity contribution in [2.75, 3.05) is 19.7 Å². The lowest BCUT2D eigenvalue weighted by molar-refractivity contribution is -0.132. The average Bonchev–Trinajstić information content (AvgIpc) is 3.18. The van der Waals surface area contributed by atoms with Crippen molar-refractivity contribution in [2.45, 2.75) is 40.0 Å². The number of ether oxygens (including phenoxy) is 1. The van der Waals surface area contributed by atoms with E-state index in [2.05, 4.69) is 0 Å². The Kier molecular flexibility index (Phi) is 4.25. The van der Waals surface area contributed by atoms with E-state index in [1.54, 1.807) is 6.92 Å². The molecule has 4 rings (SSSR count). The lowest BCUT2D eigenvalue weighted by Gasteiger charge is -2.18. The lowest BCUT2D eigenvalue weighted by atomic mass is 10.0. The molecule has 138 valence electrons. The summed E-state index contributed by atoms with van der Waals surface area (Å²) in [5.74, 6) is 2.01. The minimum atomic E-state index is -0.328. The predicted octanol–water partition coefficient (Wildman–Crippen LogP) is 3.36. The highest BCUT2D eigenvalue weighted by molar-refractivity contribution is 5.88. The fourth-order valence-electron chi connectivity index (χ4n) is 4.47. The van der Waals surface area contributed by atoms with Crippen molar-refractivity contribution in [1.29, 1.82) is 0 Å². The third-order valence-electron chi connectivity index (χ3n) is 6.09. The van der Waals surface area contributed by atoms with Crippen molar-refractivity contribution < 1.29 is 13.9 Å². The maximum Gasteiger partial charge on any atom is 0.339 e. The third-order valence-corrected chi connectivity index (χ3v) is 6.09. The third kappa shape index (κ3) is 2.89. The van der Waals surface area contributed by atoms with Gasteiger partial charge in [-0.05, 0) is 68.7 Å². The first-order valence-electron chi connectivity index (χ1n) is 9.39. The first-order chi connectivity index (χ1) is 12.4. The quantitative estimate of drug-likeness (QED) is 0.792. The van der Waals surface area contributed by atoms with Gasteiger partial charge in [0.25, 0.3) is 5.91 Å². The van der Waals surface area contributed by atoms with Crippen LogP contribution in [0.25, 0.3) is 11.0 Å². The first-order valence-corrected chi connectivity index (χ1v) is 9.39. The van der Waals surface area contributed by atoms with Gasteiger partial charge in [-0.3, -0.25) is 4.79 Å². The highest BCUT2D eigenvalue weighted by atomic mass is 16.5. The number of rotatable bonds is 3. The average molecular weight is 355 g/mol. The molecule has 5 heteroatoms. The van der Waals surface area contributed by atoms with E-state index >= 15 is 0 Å². The number of hydrogen-bond donors (Lipinski definition) is 0. The van der Waals surface area contributed by atoms with Crippen LogP contribution in [-0.2, 0) is 4.79 Å². The van der Waals surface area contributed by atoms with Crippen LogP contribution in [0.4, 0.5) is 0 Å². The molecule has 0 N–H and O–H groups in total. The molecule has 2 aromatic rings. The number of carbonyl (C=O) groups is 1. The summed E-state index contributed by atoms with van der Waals surface area (Å²) in [6.07, 6.45) is 3.79. The van der Waals surface area contributed by atoms with Gasteiger partial charge in [0, 0.05) is 18.7 Å². The van der Waals surface area contributed by atoms with E-state index in [9.17, 15) is 9.59 Å². The summed E-state index contributed by atoms with van der Waals surface area (Å²) >= 11 is 0. The number of carbonyl (C=O) groups excluding carboxylic acids is 1. The Morgan fingerprint density at radius 1 is 1.15 bits per heavy atom. The van der Waals surface area contributed by atoms with Crippen LogP contribution in [-0.4, -0.2) is 30.5 Å². The van der Waals surface area contributed by atoms with Gasteiger partial charge in [0.05, 0.1) is 5.39 Å². The Morgan fingerprint density at radius 3 is 2.54 bits per heavy atom. The highest BCUT2D eigenvalue weighted by Gasteiger charge is 2.38. The van der Waals surface area contributed by atoms with Crippen LogP contribution in [0.15, 0.2) is 21.3 Å². The van der Waals surface area contributed by atoms with Crippen molar-refractivity contribution in [2.24, 2.45) is 11.8 Å². The Bertz CT molecular complexity index is 918. The molecule has 26 heavy (non-hydrogen) atoms. The molecule has 2 atom stereocenters. The molecule has 2 aliphatic rings. The monoisotopic (exact) mass is 355 g/mol. The standard InChI is InChI=1S/C21H25NO4/c1-12-7-17(20-13(2)14(3)21(24)26-18(20)8-12)25-11-19(23)22-9-15-5-4-6-16(15)10-22/h7-8,15-16H,4-6,9-11H2,1-3H3/t15-,16+. The summed E-state index contributed by atoms with van der Waals surface area (Å²) in [5.41, 5.74) is 2.53. The van der Waals surface area contributed by atoms with Crippen molar-refractivity contribution in [3.8, 4) is 5.75 Å². The number of hydrogen-bond acceptors (Lipinski definition) is 4. The van der Waals surface area contributed by atoms with Gasteiger partial charge >= 0.3 is 5.63 Å². The number of nitrogens with zero attached hydrogens (tertiary/aromatic N) is 1. The lowest BCUT2D eigenvalue weighted by Crippen LogP contribution is -2.33. The highest BCUT2D eigenvalue weighted by Crippen LogP contribution is 2.38. The molecule has 0 bridgehead atoms. The molecule has 1 aromatic heterocycles. The van der Waals surface area contributed by atoms with Gasteiger partial charge in [-0.15, -0.1) is 0 Å². The van der Waals surface area contributed by atoms with Crippen LogP contribution in [0.2, 0.25) is 0 Å². The van der Waals surface area contributed by atoms with Gasteiger partial charge in [-0.1, -0.05) is 6.42 Å². The zero-order chi connectivity index (χ0) is 18.4. The molecule has 5 nitrogen and oxygen atoms in total. The molecule has 2 heterocycles. The fourth-order valence-corrected chi connectivity index (χ4v) is 4.47. The van der Waals surface area contributed by atoms with E-state index in [4.69, 9.17) is 9.15 Å².